The van der Waals surface area contributed by atoms with Crippen molar-refractivity contribution in [3.05, 3.63) is 0 Å². The van der Waals surface area contributed by atoms with E-state index < -0.39 is 0 Å². The molecule has 0 aliphatic heterocycles. The van der Waals surface area contributed by atoms with Crippen molar-refractivity contribution in [2.45, 2.75) is 13.3 Å². The topological polar surface area (TPSA) is 0 Å². The maximum atomic E-state index is 3.25. The van der Waals surface area contributed by atoms with Crippen LogP contribution >= 0.6 is 15.9 Å². The molecule has 0 fully saturated rings. The number of alkyl halides is 1. The Morgan fingerprint density at radius 2 is 1.80 bits per heavy atom. The van der Waals surface area contributed by atoms with E-state index in [9.17, 15) is 0 Å². The van der Waals surface area contributed by atoms with Crippen LogP contribution in [0.2, 0.25) is 0 Å². The summed E-state index contributed by atoms with van der Waals surface area (Å²) in [7, 11) is 0. The van der Waals surface area contributed by atoms with Gasteiger partial charge >= 0.3 is 23.1 Å². The average Bonchev–Trinajstić information content (AvgIpc) is 1.37. The Morgan fingerprint density at radius 3 is 1.80 bits per heavy atom. The van der Waals surface area contributed by atoms with Gasteiger partial charge in [-0.05, 0) is 6.42 Å². The molecule has 0 radical (unpaired) electrons. The lowest BCUT2D eigenvalue weighted by atomic mass is 10.6. The van der Waals surface area contributed by atoms with Crippen LogP contribution in [0.5, 0.6) is 0 Å². The average molecular weight is 149 g/mol. The Hall–Kier alpha value is 1.25. The summed E-state index contributed by atoms with van der Waals surface area (Å²) in [6.07, 6.45) is 1.24. The predicted molar refractivity (Wildman–Crippen MR) is 32.6 cm³/mol. The van der Waals surface area contributed by atoms with E-state index in [1.165, 1.54) is 6.42 Å². The van der Waals surface area contributed by atoms with Gasteiger partial charge in [0.05, 0.1) is 0 Å². The summed E-state index contributed by atoms with van der Waals surface area (Å²) in [5.41, 5.74) is 0. The van der Waals surface area contributed by atoms with Crippen molar-refractivity contribution in [3.63, 3.8) is 0 Å². The molecule has 0 aromatic heterocycles. The van der Waals surface area contributed by atoms with E-state index in [4.69, 9.17) is 0 Å². The van der Waals surface area contributed by atoms with Crippen LogP contribution in [-0.4, -0.2) is 28.4 Å². The van der Waals surface area contributed by atoms with Crippen molar-refractivity contribution in [3.8, 4) is 0 Å². The summed E-state index contributed by atoms with van der Waals surface area (Å²) in [6.45, 7) is 2.13. The third kappa shape index (κ3) is 11.0. The second-order valence-electron chi connectivity index (χ2n) is 0.689. The quantitative estimate of drug-likeness (QED) is 0.383. The number of hydrogen-bond donors (Lipinski definition) is 0. The first kappa shape index (κ1) is 9.53. The lowest BCUT2D eigenvalue weighted by Gasteiger charge is -1.66. The minimum atomic E-state index is 0. The Kier molecular flexibility index (Phi) is 17.1. The minimum absolute atomic E-state index is 0. The largest absolute Gasteiger partial charge is 0.316 e. The molecule has 0 amide bonds. The molecule has 0 spiro atoms. The molecule has 0 heterocycles. The van der Waals surface area contributed by atoms with Crippen LogP contribution in [0.15, 0.2) is 0 Å². The first-order valence-corrected chi connectivity index (χ1v) is 2.60. The molecule has 0 unspecified atom stereocenters. The van der Waals surface area contributed by atoms with Crippen LogP contribution in [0.4, 0.5) is 0 Å². The van der Waals surface area contributed by atoms with Crippen LogP contribution in [0.1, 0.15) is 13.3 Å². The van der Waals surface area contributed by atoms with E-state index >= 15 is 0 Å². The van der Waals surface area contributed by atoms with Crippen LogP contribution in [0, 0.1) is 0 Å². The van der Waals surface area contributed by atoms with Gasteiger partial charge in [0.25, 0.3) is 0 Å². The molecule has 0 atom stereocenters. The third-order valence-corrected chi connectivity index (χ3v) is 0.982. The van der Waals surface area contributed by atoms with Gasteiger partial charge in [-0.2, -0.15) is 0 Å². The van der Waals surface area contributed by atoms with Gasteiger partial charge in [0.1, 0.15) is 0 Å². The summed E-state index contributed by atoms with van der Waals surface area (Å²) in [6, 6.07) is 0. The van der Waals surface area contributed by atoms with Gasteiger partial charge in [0, 0.05) is 5.33 Å². The highest BCUT2D eigenvalue weighted by Gasteiger charge is 1.58. The van der Waals surface area contributed by atoms with Gasteiger partial charge in [0.2, 0.25) is 0 Å². The first-order valence-electron chi connectivity index (χ1n) is 1.47. The fourth-order valence-corrected chi connectivity index (χ4v) is 0. The summed E-state index contributed by atoms with van der Waals surface area (Å²) in [5.74, 6) is 0. The second kappa shape index (κ2) is 8.98. The van der Waals surface area contributed by atoms with E-state index in [1.54, 1.807) is 0 Å². The maximum Gasteiger partial charge on any atom is 0.316 e. The van der Waals surface area contributed by atoms with Crippen molar-refractivity contribution in [2.75, 3.05) is 5.33 Å². The van der Waals surface area contributed by atoms with Crippen molar-refractivity contribution >= 4 is 39.0 Å². The van der Waals surface area contributed by atoms with Crippen LogP contribution in [0.25, 0.3) is 0 Å². The van der Waals surface area contributed by atoms with Gasteiger partial charge in [-0.1, -0.05) is 22.9 Å². The molecule has 0 aliphatic carbocycles. The number of halogens is 1. The predicted octanol–water partition coefficient (Wildman–Crippen LogP) is 0.875. The molecule has 5 heavy (non-hydrogen) atoms. The Labute approximate surface area is 57.6 Å². The lowest BCUT2D eigenvalue weighted by molar-refractivity contribution is 1.12. The fraction of sp³-hybridized carbons (Fsp3) is 1.00. The van der Waals surface area contributed by atoms with Crippen molar-refractivity contribution < 1.29 is 0 Å². The van der Waals surface area contributed by atoms with Crippen LogP contribution in [-0.2, 0) is 0 Å². The van der Waals surface area contributed by atoms with Gasteiger partial charge in [0.15, 0.2) is 0 Å². The summed E-state index contributed by atoms with van der Waals surface area (Å²) in [5, 5.41) is 1.13. The van der Waals surface area contributed by atoms with Gasteiger partial charge in [-0.15, -0.1) is 0 Å². The van der Waals surface area contributed by atoms with Crippen LogP contribution in [0.3, 0.4) is 0 Å². The SMILES string of the molecule is CCCBr.[MgH2]. The van der Waals surface area contributed by atoms with Gasteiger partial charge in [-0.25, -0.2) is 0 Å². The third-order valence-electron chi connectivity index (χ3n) is 0.189. The molecule has 0 N–H and O–H groups in total. The van der Waals surface area contributed by atoms with Crippen molar-refractivity contribution in [1.29, 1.82) is 0 Å². The van der Waals surface area contributed by atoms with Gasteiger partial charge in [-0.3, -0.25) is 0 Å². The van der Waals surface area contributed by atoms with Gasteiger partial charge < -0.3 is 0 Å². The van der Waals surface area contributed by atoms with E-state index in [2.05, 4.69) is 22.9 Å². The zero-order valence-electron chi connectivity index (χ0n) is 2.79. The monoisotopic (exact) mass is 148 g/mol. The molecule has 30 valence electrons. The summed E-state index contributed by atoms with van der Waals surface area (Å²) >= 11 is 3.25. The summed E-state index contributed by atoms with van der Waals surface area (Å²) < 4.78 is 0. The van der Waals surface area contributed by atoms with Crippen molar-refractivity contribution in [2.24, 2.45) is 0 Å². The number of rotatable bonds is 1. The molecule has 0 aromatic carbocycles. The Bertz CT molecular complexity index is 8.85. The molecule has 0 aliphatic rings. The summed E-state index contributed by atoms with van der Waals surface area (Å²) in [4.78, 5) is 0. The van der Waals surface area contributed by atoms with E-state index in [-0.39, 0.29) is 23.1 Å². The molecular formula is C3H9BrMg. The van der Waals surface area contributed by atoms with Crippen molar-refractivity contribution in [1.82, 2.24) is 0 Å². The molecule has 2 heteroatoms. The Balaban J connectivity index is 0. The number of hydrogen-bond acceptors (Lipinski definition) is 0. The smallest absolute Gasteiger partial charge is 0.0928 e. The van der Waals surface area contributed by atoms with Crippen LogP contribution < -0.4 is 0 Å². The normalized spacial score (nSPS) is 6.00. The lowest BCUT2D eigenvalue weighted by Crippen LogP contribution is -1.54. The second-order valence-corrected chi connectivity index (χ2v) is 1.48. The minimum Gasteiger partial charge on any atom is -0.0928 e. The fourth-order valence-electron chi connectivity index (χ4n) is 0. The maximum absolute atomic E-state index is 3.25. The molecule has 0 rings (SSSR count). The van der Waals surface area contributed by atoms with E-state index in [1.807, 2.05) is 0 Å². The highest BCUT2D eigenvalue weighted by molar-refractivity contribution is 9.09. The molecule has 0 saturated heterocycles. The molecular weight excluding hydrogens is 140 g/mol. The zero-order valence-corrected chi connectivity index (χ0v) is 4.38. The Morgan fingerprint density at radius 1 is 1.60 bits per heavy atom. The molecule has 0 saturated carbocycles. The standard InChI is InChI=1S/C3H7Br.Mg.2H/c1-2-3-4;;;/h2-3H2,1H3;;;. The molecule has 0 nitrogen and oxygen atoms in total. The van der Waals surface area contributed by atoms with E-state index in [0.29, 0.717) is 0 Å². The highest BCUT2D eigenvalue weighted by atomic mass is 79.9. The highest BCUT2D eigenvalue weighted by Crippen LogP contribution is 1.80. The first-order chi connectivity index (χ1) is 1.91. The zero-order chi connectivity index (χ0) is 3.41. The molecule has 0 aromatic rings. The molecule has 0 bridgehead atoms. The van der Waals surface area contributed by atoms with E-state index in [0.717, 1.165) is 5.33 Å².